The van der Waals surface area contributed by atoms with Crippen LogP contribution in [0.2, 0.25) is 0 Å². The number of aromatic carboxylic acids is 1. The van der Waals surface area contributed by atoms with Gasteiger partial charge in [-0.1, -0.05) is 18.2 Å². The zero-order chi connectivity index (χ0) is 28.3. The van der Waals surface area contributed by atoms with Gasteiger partial charge in [-0.05, 0) is 60.9 Å². The fourth-order valence-corrected chi connectivity index (χ4v) is 5.34. The van der Waals surface area contributed by atoms with E-state index in [1.807, 2.05) is 25.1 Å². The van der Waals surface area contributed by atoms with Crippen molar-refractivity contribution in [1.82, 2.24) is 19.1 Å². The first-order valence-corrected chi connectivity index (χ1v) is 13.9. The topological polar surface area (TPSA) is 153 Å². The highest BCUT2D eigenvalue weighted by Crippen LogP contribution is 2.24. The summed E-state index contributed by atoms with van der Waals surface area (Å²) < 4.78 is 27.6. The normalized spacial score (nSPS) is 15.5. The van der Waals surface area contributed by atoms with E-state index < -0.39 is 22.2 Å². The third-order valence-corrected chi connectivity index (χ3v) is 8.50. The number of sulfonamides is 1. The van der Waals surface area contributed by atoms with E-state index in [4.69, 9.17) is 5.73 Å². The van der Waals surface area contributed by atoms with Gasteiger partial charge in [0.05, 0.1) is 11.2 Å². The number of aliphatic hydroxyl groups excluding tert-OH is 1. The second-order valence-corrected chi connectivity index (χ2v) is 12.0. The minimum atomic E-state index is -3.55. The van der Waals surface area contributed by atoms with E-state index in [0.717, 1.165) is 26.3 Å². The largest absolute Gasteiger partial charge is 0.477 e. The Morgan fingerprint density at radius 3 is 2.46 bits per heavy atom. The molecule has 5 N–H and O–H groups in total. The lowest BCUT2D eigenvalue weighted by Gasteiger charge is -2.27. The van der Waals surface area contributed by atoms with Crippen molar-refractivity contribution in [2.45, 2.75) is 37.1 Å². The Hall–Kier alpha value is -3.71. The Balaban J connectivity index is 1.46. The monoisotopic (exact) mass is 554 g/mol. The van der Waals surface area contributed by atoms with Gasteiger partial charge in [-0.3, -0.25) is 0 Å². The van der Waals surface area contributed by atoms with Gasteiger partial charge in [0.15, 0.2) is 0 Å². The lowest BCUT2D eigenvalue weighted by Crippen LogP contribution is -2.45. The quantitative estimate of drug-likeness (QED) is 0.279. The van der Waals surface area contributed by atoms with Crippen molar-refractivity contribution in [3.8, 4) is 0 Å². The number of nitrogens with zero attached hydrogens (tertiary/aromatic N) is 4. The molecule has 2 aromatic carbocycles. The van der Waals surface area contributed by atoms with Crippen molar-refractivity contribution < 1.29 is 23.4 Å². The van der Waals surface area contributed by atoms with Crippen LogP contribution in [0.4, 0.5) is 0 Å². The van der Waals surface area contributed by atoms with E-state index >= 15 is 0 Å². The molecule has 2 unspecified atom stereocenters. The van der Waals surface area contributed by atoms with E-state index in [1.54, 1.807) is 33.7 Å². The molecule has 0 bridgehead atoms. The summed E-state index contributed by atoms with van der Waals surface area (Å²) in [6, 6.07) is 14.0. The number of fused-ring (bicyclic) bond motifs is 1. The van der Waals surface area contributed by atoms with Crippen molar-refractivity contribution in [2.24, 2.45) is 10.7 Å². The SMILES string of the molecule is CC(Cc1ccc2c(c1)cc(C(=O)O)n2Cc1ccc(S(=O)(=O)N(C)C)cc1)NCC(O)N1C=NC(N)=CC1. The second kappa shape index (κ2) is 11.6. The Bertz CT molecular complexity index is 1510. The summed E-state index contributed by atoms with van der Waals surface area (Å²) in [7, 11) is -0.596. The van der Waals surface area contributed by atoms with Gasteiger partial charge in [0.25, 0.3) is 0 Å². The van der Waals surface area contributed by atoms with Crippen LogP contribution in [0.1, 0.15) is 28.5 Å². The molecule has 0 spiro atoms. The van der Waals surface area contributed by atoms with Gasteiger partial charge < -0.3 is 30.7 Å². The number of nitrogens with two attached hydrogens (primary N) is 1. The van der Waals surface area contributed by atoms with Gasteiger partial charge in [0.2, 0.25) is 10.0 Å². The number of aliphatic hydroxyl groups is 1. The van der Waals surface area contributed by atoms with Crippen molar-refractivity contribution >= 4 is 33.2 Å². The average Bonchev–Trinajstić information content (AvgIpc) is 3.25. The maximum atomic E-state index is 12.4. The molecule has 2 atom stereocenters. The van der Waals surface area contributed by atoms with Crippen LogP contribution in [0, 0.1) is 0 Å². The molecule has 0 saturated heterocycles. The first-order chi connectivity index (χ1) is 18.5. The number of carboxylic acid groups (broad SMARTS) is 1. The third kappa shape index (κ3) is 6.48. The standard InChI is InChI=1S/C27H34N6O5S/c1-18(29-15-26(34)32-11-10-25(28)30-17-32)12-20-6-9-23-21(13-20)14-24(27(35)36)33(23)16-19-4-7-22(8-5-19)39(37,38)31(2)3/h4-10,13-14,17-18,26,29,34H,11-12,15-16,28H2,1-3H3,(H,35,36). The van der Waals surface area contributed by atoms with E-state index in [-0.39, 0.29) is 23.2 Å². The maximum absolute atomic E-state index is 12.4. The number of carbonyl (C=O) groups is 1. The molecule has 3 aromatic rings. The summed E-state index contributed by atoms with van der Waals surface area (Å²) in [6.45, 7) is 3.14. The summed E-state index contributed by atoms with van der Waals surface area (Å²) in [4.78, 5) is 17.9. The Kier molecular flexibility index (Phi) is 8.40. The van der Waals surface area contributed by atoms with Gasteiger partial charge in [-0.15, -0.1) is 0 Å². The van der Waals surface area contributed by atoms with Crippen LogP contribution in [0.15, 0.2) is 70.3 Å². The van der Waals surface area contributed by atoms with Crippen molar-refractivity contribution in [2.75, 3.05) is 27.2 Å². The summed E-state index contributed by atoms with van der Waals surface area (Å²) in [5.41, 5.74) is 8.36. The fourth-order valence-electron chi connectivity index (χ4n) is 4.44. The molecule has 2 heterocycles. The summed E-state index contributed by atoms with van der Waals surface area (Å²) in [6.07, 6.45) is 3.21. The molecule has 12 heteroatoms. The number of rotatable bonds is 11. The lowest BCUT2D eigenvalue weighted by molar-refractivity contribution is 0.0606. The molecular weight excluding hydrogens is 520 g/mol. The highest BCUT2D eigenvalue weighted by atomic mass is 32.2. The number of hydrogen-bond donors (Lipinski definition) is 4. The van der Waals surface area contributed by atoms with Gasteiger partial charge in [-0.2, -0.15) is 0 Å². The van der Waals surface area contributed by atoms with Crippen LogP contribution in [-0.4, -0.2) is 84.2 Å². The summed E-state index contributed by atoms with van der Waals surface area (Å²) >= 11 is 0. The van der Waals surface area contributed by atoms with Gasteiger partial charge in [0, 0.05) is 50.7 Å². The molecule has 1 aliphatic rings. The maximum Gasteiger partial charge on any atom is 0.352 e. The predicted octanol–water partition coefficient (Wildman–Crippen LogP) is 1.62. The molecule has 0 amide bonds. The molecule has 11 nitrogen and oxygen atoms in total. The minimum Gasteiger partial charge on any atom is -0.477 e. The molecule has 0 saturated carbocycles. The van der Waals surface area contributed by atoms with Crippen LogP contribution < -0.4 is 11.1 Å². The fraction of sp³-hybridized carbons (Fsp3) is 0.333. The molecule has 4 rings (SSSR count). The van der Waals surface area contributed by atoms with Gasteiger partial charge in [-0.25, -0.2) is 22.5 Å². The molecule has 0 radical (unpaired) electrons. The van der Waals surface area contributed by atoms with E-state index in [2.05, 4.69) is 10.3 Å². The number of aliphatic imine (C=N–C) groups is 1. The first kappa shape index (κ1) is 28.3. The van der Waals surface area contributed by atoms with Crippen LogP contribution in [0.5, 0.6) is 0 Å². The Morgan fingerprint density at radius 2 is 1.85 bits per heavy atom. The molecule has 208 valence electrons. The molecule has 1 aliphatic heterocycles. The van der Waals surface area contributed by atoms with Crippen molar-refractivity contribution in [1.29, 1.82) is 0 Å². The molecular formula is C27H34N6O5S. The zero-order valence-electron chi connectivity index (χ0n) is 22.2. The minimum absolute atomic E-state index is 0.0532. The number of benzene rings is 2. The van der Waals surface area contributed by atoms with E-state index in [1.165, 1.54) is 32.6 Å². The second-order valence-electron chi connectivity index (χ2n) is 9.81. The average molecular weight is 555 g/mol. The van der Waals surface area contributed by atoms with Gasteiger partial charge >= 0.3 is 5.97 Å². The van der Waals surface area contributed by atoms with Gasteiger partial charge in [0.1, 0.15) is 17.7 Å². The zero-order valence-corrected chi connectivity index (χ0v) is 23.0. The Morgan fingerprint density at radius 1 is 1.15 bits per heavy atom. The third-order valence-electron chi connectivity index (χ3n) is 6.67. The predicted molar refractivity (Wildman–Crippen MR) is 150 cm³/mol. The number of nitrogens with one attached hydrogen (secondary N) is 1. The summed E-state index contributed by atoms with van der Waals surface area (Å²) in [5, 5.41) is 24.4. The number of hydrogen-bond acceptors (Lipinski definition) is 8. The molecule has 39 heavy (non-hydrogen) atoms. The van der Waals surface area contributed by atoms with Crippen LogP contribution in [0.25, 0.3) is 10.9 Å². The lowest BCUT2D eigenvalue weighted by atomic mass is 10.1. The highest BCUT2D eigenvalue weighted by Gasteiger charge is 2.19. The smallest absolute Gasteiger partial charge is 0.352 e. The van der Waals surface area contributed by atoms with Crippen molar-refractivity contribution in [3.05, 3.63) is 77.2 Å². The van der Waals surface area contributed by atoms with Crippen molar-refractivity contribution in [3.63, 3.8) is 0 Å². The van der Waals surface area contributed by atoms with Crippen LogP contribution >= 0.6 is 0 Å². The molecule has 0 fully saturated rings. The van der Waals surface area contributed by atoms with E-state index in [9.17, 15) is 23.4 Å². The number of carboxylic acids is 1. The molecule has 1 aromatic heterocycles. The summed E-state index contributed by atoms with van der Waals surface area (Å²) in [5.74, 6) is -0.607. The van der Waals surface area contributed by atoms with E-state index in [0.29, 0.717) is 25.3 Å². The molecule has 0 aliphatic carbocycles. The van der Waals surface area contributed by atoms with Crippen LogP contribution in [0.3, 0.4) is 0 Å². The highest BCUT2D eigenvalue weighted by molar-refractivity contribution is 7.89. The van der Waals surface area contributed by atoms with Crippen LogP contribution in [-0.2, 0) is 23.0 Å². The number of aromatic nitrogens is 1. The Labute approximate surface area is 227 Å². The first-order valence-electron chi connectivity index (χ1n) is 12.5.